The zero-order chi connectivity index (χ0) is 10.8. The molecule has 3 heteroatoms. The van der Waals surface area contributed by atoms with Crippen LogP contribution in [0.25, 0.3) is 0 Å². The Labute approximate surface area is 85.3 Å². The molecule has 0 heterocycles. The zero-order valence-electron chi connectivity index (χ0n) is 10.3. The van der Waals surface area contributed by atoms with E-state index in [2.05, 4.69) is 53.0 Å². The minimum absolute atomic E-state index is 0.286. The summed E-state index contributed by atoms with van der Waals surface area (Å²) in [6.07, 6.45) is 0. The smallest absolute Gasteiger partial charge is 0.190 e. The van der Waals surface area contributed by atoms with Crippen molar-refractivity contribution in [2.75, 3.05) is 0 Å². The predicted molar refractivity (Wildman–Crippen MR) is 63.2 cm³/mol. The Balaban J connectivity index is 4.56. The first-order valence-corrected chi connectivity index (χ1v) is 6.97. The molecule has 0 spiro atoms. The molecule has 0 saturated carbocycles. The van der Waals surface area contributed by atoms with E-state index in [1.807, 2.05) is 0 Å². The second-order valence-electron chi connectivity index (χ2n) is 5.45. The van der Waals surface area contributed by atoms with Crippen molar-refractivity contribution < 1.29 is 0 Å². The number of nitrogens with zero attached hydrogens (tertiary/aromatic N) is 1. The zero-order valence-corrected chi connectivity index (χ0v) is 11.4. The molecule has 0 aliphatic heterocycles. The lowest BCUT2D eigenvalue weighted by atomic mass is 10.2. The van der Waals surface area contributed by atoms with Crippen LogP contribution in [-0.4, -0.2) is 25.8 Å². The molecule has 0 aromatic heterocycles. The SMILES string of the molecule is CC(C)N(C(C)C)[SiH](N)C(C)(C)C. The second-order valence-corrected chi connectivity index (χ2v) is 8.66. The third-order valence-electron chi connectivity index (χ3n) is 2.40. The van der Waals surface area contributed by atoms with Crippen molar-refractivity contribution in [2.24, 2.45) is 5.40 Å². The molecule has 0 rings (SSSR count). The third kappa shape index (κ3) is 3.79. The van der Waals surface area contributed by atoms with E-state index >= 15 is 0 Å². The summed E-state index contributed by atoms with van der Waals surface area (Å²) < 4.78 is 2.50. The van der Waals surface area contributed by atoms with Crippen molar-refractivity contribution in [1.82, 2.24) is 4.57 Å². The van der Waals surface area contributed by atoms with Crippen LogP contribution >= 0.6 is 0 Å². The Morgan fingerprint density at radius 1 is 1.00 bits per heavy atom. The maximum atomic E-state index is 6.36. The molecule has 0 fully saturated rings. The van der Waals surface area contributed by atoms with Crippen molar-refractivity contribution in [3.63, 3.8) is 0 Å². The summed E-state index contributed by atoms with van der Waals surface area (Å²) in [5.41, 5.74) is 0. The molecule has 0 amide bonds. The van der Waals surface area contributed by atoms with Gasteiger partial charge in [-0.3, -0.25) is 0 Å². The molecular formula is C10H26N2Si. The lowest BCUT2D eigenvalue weighted by molar-refractivity contribution is 0.290. The normalized spacial score (nSPS) is 15.9. The van der Waals surface area contributed by atoms with Gasteiger partial charge in [-0.2, -0.15) is 0 Å². The van der Waals surface area contributed by atoms with Gasteiger partial charge in [-0.25, -0.2) is 0 Å². The summed E-state index contributed by atoms with van der Waals surface area (Å²) >= 11 is 0. The predicted octanol–water partition coefficient (Wildman–Crippen LogP) is 2.08. The summed E-state index contributed by atoms with van der Waals surface area (Å²) in [6.45, 7) is 15.7. The summed E-state index contributed by atoms with van der Waals surface area (Å²) in [7, 11) is -1.29. The van der Waals surface area contributed by atoms with E-state index in [1.165, 1.54) is 0 Å². The molecule has 0 aromatic rings. The largest absolute Gasteiger partial charge is 0.341 e. The lowest BCUT2D eigenvalue weighted by Gasteiger charge is -2.41. The van der Waals surface area contributed by atoms with Gasteiger partial charge in [-0.05, 0) is 17.1 Å². The Bertz CT molecular complexity index is 141. The molecule has 0 aromatic carbocycles. The van der Waals surface area contributed by atoms with Crippen LogP contribution < -0.4 is 5.40 Å². The molecule has 2 nitrogen and oxygen atoms in total. The summed E-state index contributed by atoms with van der Waals surface area (Å²) in [4.78, 5) is 0. The summed E-state index contributed by atoms with van der Waals surface area (Å²) in [5.74, 6) is 0. The fourth-order valence-corrected chi connectivity index (χ4v) is 3.87. The van der Waals surface area contributed by atoms with E-state index in [1.54, 1.807) is 0 Å². The van der Waals surface area contributed by atoms with E-state index in [0.717, 1.165) is 0 Å². The molecule has 1 unspecified atom stereocenters. The van der Waals surface area contributed by atoms with Crippen LogP contribution in [0.1, 0.15) is 48.5 Å². The third-order valence-corrected chi connectivity index (χ3v) is 6.01. The van der Waals surface area contributed by atoms with Gasteiger partial charge in [0.1, 0.15) is 0 Å². The fourth-order valence-electron chi connectivity index (χ4n) is 1.69. The lowest BCUT2D eigenvalue weighted by Crippen LogP contribution is -2.58. The highest BCUT2D eigenvalue weighted by Crippen LogP contribution is 2.27. The van der Waals surface area contributed by atoms with Crippen LogP contribution in [0, 0.1) is 0 Å². The van der Waals surface area contributed by atoms with Gasteiger partial charge in [0.2, 0.25) is 0 Å². The first-order valence-electron chi connectivity index (χ1n) is 5.21. The fraction of sp³-hybridized carbons (Fsp3) is 1.00. The molecule has 0 radical (unpaired) electrons. The maximum Gasteiger partial charge on any atom is 0.190 e. The molecule has 2 N–H and O–H groups in total. The standard InChI is InChI=1S/C10H26N2Si/c1-8(2)12(9(3)4)13(11)10(5,6)7/h8-9,13H,11H2,1-7H3. The molecule has 13 heavy (non-hydrogen) atoms. The van der Waals surface area contributed by atoms with Crippen LogP contribution in [0.4, 0.5) is 0 Å². The molecule has 0 saturated heterocycles. The monoisotopic (exact) mass is 202 g/mol. The van der Waals surface area contributed by atoms with Crippen molar-refractivity contribution in [3.8, 4) is 0 Å². The van der Waals surface area contributed by atoms with E-state index in [9.17, 15) is 0 Å². The number of nitrogens with two attached hydrogens (primary N) is 1. The molecule has 0 aliphatic carbocycles. The van der Waals surface area contributed by atoms with Gasteiger partial charge in [0, 0.05) is 0 Å². The maximum absolute atomic E-state index is 6.36. The van der Waals surface area contributed by atoms with E-state index in [4.69, 9.17) is 5.40 Å². The van der Waals surface area contributed by atoms with Crippen molar-refractivity contribution in [1.29, 1.82) is 0 Å². The quantitative estimate of drug-likeness (QED) is 0.710. The van der Waals surface area contributed by atoms with Gasteiger partial charge in [-0.15, -0.1) is 0 Å². The highest BCUT2D eigenvalue weighted by Gasteiger charge is 2.32. The number of rotatable bonds is 3. The first kappa shape index (κ1) is 13.1. The average Bonchev–Trinajstić information content (AvgIpc) is 1.82. The van der Waals surface area contributed by atoms with Gasteiger partial charge in [0.15, 0.2) is 9.12 Å². The van der Waals surface area contributed by atoms with E-state index in [0.29, 0.717) is 12.1 Å². The van der Waals surface area contributed by atoms with Crippen LogP contribution in [0.15, 0.2) is 0 Å². The minimum Gasteiger partial charge on any atom is -0.341 e. The summed E-state index contributed by atoms with van der Waals surface area (Å²) in [6, 6.07) is 1.14. The van der Waals surface area contributed by atoms with Crippen LogP contribution in [0.5, 0.6) is 0 Å². The minimum atomic E-state index is -1.29. The van der Waals surface area contributed by atoms with Crippen LogP contribution in [-0.2, 0) is 0 Å². The van der Waals surface area contributed by atoms with E-state index in [-0.39, 0.29) is 5.04 Å². The molecular weight excluding hydrogens is 176 g/mol. The van der Waals surface area contributed by atoms with E-state index < -0.39 is 9.12 Å². The Kier molecular flexibility index (Phi) is 4.62. The highest BCUT2D eigenvalue weighted by atomic mass is 28.3. The van der Waals surface area contributed by atoms with Crippen LogP contribution in [0.3, 0.4) is 0 Å². The van der Waals surface area contributed by atoms with Gasteiger partial charge < -0.3 is 9.96 Å². The summed E-state index contributed by atoms with van der Waals surface area (Å²) in [5, 5.41) is 6.65. The molecule has 1 atom stereocenters. The van der Waals surface area contributed by atoms with Gasteiger partial charge in [0.25, 0.3) is 0 Å². The van der Waals surface area contributed by atoms with Crippen molar-refractivity contribution in [3.05, 3.63) is 0 Å². The molecule has 0 aliphatic rings. The number of hydrogen-bond donors (Lipinski definition) is 1. The molecule has 0 bridgehead atoms. The topological polar surface area (TPSA) is 29.3 Å². The average molecular weight is 202 g/mol. The Morgan fingerprint density at radius 2 is 1.31 bits per heavy atom. The molecule has 80 valence electrons. The Morgan fingerprint density at radius 3 is 1.38 bits per heavy atom. The number of hydrogen-bond acceptors (Lipinski definition) is 2. The second kappa shape index (κ2) is 4.58. The Hall–Kier alpha value is 0.137. The van der Waals surface area contributed by atoms with Crippen molar-refractivity contribution >= 4 is 9.12 Å². The van der Waals surface area contributed by atoms with Gasteiger partial charge >= 0.3 is 0 Å². The van der Waals surface area contributed by atoms with Crippen LogP contribution in [0.2, 0.25) is 5.04 Å². The highest BCUT2D eigenvalue weighted by molar-refractivity contribution is 6.55. The van der Waals surface area contributed by atoms with Gasteiger partial charge in [0.05, 0.1) is 0 Å². The van der Waals surface area contributed by atoms with Crippen molar-refractivity contribution in [2.45, 2.75) is 65.6 Å². The van der Waals surface area contributed by atoms with Gasteiger partial charge in [-0.1, -0.05) is 48.5 Å². The first-order chi connectivity index (χ1) is 5.68.